The van der Waals surface area contributed by atoms with Crippen molar-refractivity contribution < 1.29 is 4.74 Å². The Morgan fingerprint density at radius 2 is 1.81 bits per heavy atom. The molecule has 0 aliphatic carbocycles. The van der Waals surface area contributed by atoms with E-state index in [-0.39, 0.29) is 6.10 Å². The van der Waals surface area contributed by atoms with Crippen molar-refractivity contribution in [3.63, 3.8) is 0 Å². The van der Waals surface area contributed by atoms with Gasteiger partial charge < -0.3 is 10.1 Å². The molecule has 1 aliphatic rings. The maximum absolute atomic E-state index is 6.21. The minimum absolute atomic E-state index is 0.250. The molecule has 2 unspecified atom stereocenters. The first kappa shape index (κ1) is 15.0. The molecule has 21 heavy (non-hydrogen) atoms. The van der Waals surface area contributed by atoms with Gasteiger partial charge in [0.25, 0.3) is 0 Å². The summed E-state index contributed by atoms with van der Waals surface area (Å²) in [5, 5.41) is 3.60. The number of hydrogen-bond donors (Lipinski definition) is 1. The van der Waals surface area contributed by atoms with E-state index < -0.39 is 0 Å². The Balaban J connectivity index is 1.66. The third kappa shape index (κ3) is 4.05. The largest absolute Gasteiger partial charge is 0.372 e. The maximum atomic E-state index is 6.21. The smallest absolute Gasteiger partial charge is 0.0774 e. The van der Waals surface area contributed by atoms with Gasteiger partial charge in [0, 0.05) is 3.57 Å². The third-order valence-electron chi connectivity index (χ3n) is 3.94. The van der Waals surface area contributed by atoms with E-state index in [9.17, 15) is 0 Å². The zero-order chi connectivity index (χ0) is 14.5. The van der Waals surface area contributed by atoms with Crippen LogP contribution in [-0.4, -0.2) is 12.6 Å². The number of ether oxygens (including phenoxy) is 1. The number of nitrogens with one attached hydrogen (secondary N) is 1. The fourth-order valence-corrected chi connectivity index (χ4v) is 3.17. The second-order valence-electron chi connectivity index (χ2n) is 5.46. The van der Waals surface area contributed by atoms with Gasteiger partial charge in [0.1, 0.15) is 0 Å². The SMILES string of the molecule is Ic1ccc(COC2CCCNC2c2ccccc2)cc1. The highest BCUT2D eigenvalue weighted by Crippen LogP contribution is 2.26. The Hall–Kier alpha value is -0.910. The maximum Gasteiger partial charge on any atom is 0.0774 e. The Labute approximate surface area is 140 Å². The monoisotopic (exact) mass is 393 g/mol. The van der Waals surface area contributed by atoms with Crippen LogP contribution in [0, 0.1) is 3.57 Å². The topological polar surface area (TPSA) is 21.3 Å². The molecule has 1 fully saturated rings. The summed E-state index contributed by atoms with van der Waals surface area (Å²) >= 11 is 2.33. The van der Waals surface area contributed by atoms with Crippen LogP contribution in [0.1, 0.15) is 30.0 Å². The van der Waals surface area contributed by atoms with Gasteiger partial charge in [0.15, 0.2) is 0 Å². The van der Waals surface area contributed by atoms with Gasteiger partial charge in [0.2, 0.25) is 0 Å². The summed E-state index contributed by atoms with van der Waals surface area (Å²) in [6, 6.07) is 19.5. The number of hydrogen-bond acceptors (Lipinski definition) is 2. The first-order valence-corrected chi connectivity index (χ1v) is 8.55. The number of rotatable bonds is 4. The van der Waals surface area contributed by atoms with Crippen LogP contribution < -0.4 is 5.32 Å². The minimum atomic E-state index is 0.250. The normalized spacial score (nSPS) is 22.1. The quantitative estimate of drug-likeness (QED) is 0.783. The molecule has 0 radical (unpaired) electrons. The molecule has 3 heteroatoms. The third-order valence-corrected chi connectivity index (χ3v) is 4.66. The van der Waals surface area contributed by atoms with Crippen LogP contribution in [0.25, 0.3) is 0 Å². The predicted molar refractivity (Wildman–Crippen MR) is 94.2 cm³/mol. The standard InChI is InChI=1S/C18H20INO/c19-16-10-8-14(9-11-16)13-21-17-7-4-12-20-18(17)15-5-2-1-3-6-15/h1-3,5-6,8-11,17-18,20H,4,7,12-13H2. The van der Waals surface area contributed by atoms with Crippen LogP contribution in [0.4, 0.5) is 0 Å². The van der Waals surface area contributed by atoms with Crippen molar-refractivity contribution in [1.29, 1.82) is 0 Å². The molecule has 0 amide bonds. The highest BCUT2D eigenvalue weighted by atomic mass is 127. The molecule has 2 aromatic carbocycles. The molecule has 2 atom stereocenters. The van der Waals surface area contributed by atoms with Crippen LogP contribution in [0.5, 0.6) is 0 Å². The average molecular weight is 393 g/mol. The fourth-order valence-electron chi connectivity index (χ4n) is 2.82. The zero-order valence-electron chi connectivity index (χ0n) is 12.0. The Kier molecular flexibility index (Phi) is 5.27. The first-order chi connectivity index (χ1) is 10.3. The van der Waals surface area contributed by atoms with E-state index in [1.807, 2.05) is 0 Å². The number of halogens is 1. The van der Waals surface area contributed by atoms with Gasteiger partial charge in [-0.1, -0.05) is 42.5 Å². The van der Waals surface area contributed by atoms with Crippen molar-refractivity contribution in [2.45, 2.75) is 31.6 Å². The molecule has 1 aliphatic heterocycles. The van der Waals surface area contributed by atoms with Crippen molar-refractivity contribution >= 4 is 22.6 Å². The van der Waals surface area contributed by atoms with E-state index in [1.54, 1.807) is 0 Å². The molecule has 1 N–H and O–H groups in total. The second kappa shape index (κ2) is 7.38. The van der Waals surface area contributed by atoms with Crippen molar-refractivity contribution in [1.82, 2.24) is 5.32 Å². The molecule has 0 bridgehead atoms. The lowest BCUT2D eigenvalue weighted by molar-refractivity contribution is -0.00357. The highest BCUT2D eigenvalue weighted by Gasteiger charge is 2.26. The Morgan fingerprint density at radius 1 is 1.05 bits per heavy atom. The van der Waals surface area contributed by atoms with Gasteiger partial charge in [-0.25, -0.2) is 0 Å². The van der Waals surface area contributed by atoms with Crippen LogP contribution in [-0.2, 0) is 11.3 Å². The van der Waals surface area contributed by atoms with Crippen LogP contribution in [0.3, 0.4) is 0 Å². The van der Waals surface area contributed by atoms with E-state index in [4.69, 9.17) is 4.74 Å². The van der Waals surface area contributed by atoms with Crippen LogP contribution >= 0.6 is 22.6 Å². The summed E-state index contributed by atoms with van der Waals surface area (Å²) in [5.74, 6) is 0. The van der Waals surface area contributed by atoms with Crippen LogP contribution in [0.15, 0.2) is 54.6 Å². The highest BCUT2D eigenvalue weighted by molar-refractivity contribution is 14.1. The minimum Gasteiger partial charge on any atom is -0.372 e. The molecule has 2 aromatic rings. The van der Waals surface area contributed by atoms with Crippen molar-refractivity contribution in [2.75, 3.05) is 6.54 Å². The summed E-state index contributed by atoms with van der Waals surface area (Å²) in [5.41, 5.74) is 2.57. The summed E-state index contributed by atoms with van der Waals surface area (Å²) in [6.45, 7) is 1.76. The molecular weight excluding hydrogens is 373 g/mol. The van der Waals surface area contributed by atoms with E-state index in [0.717, 1.165) is 13.0 Å². The Morgan fingerprint density at radius 3 is 2.57 bits per heavy atom. The van der Waals surface area contributed by atoms with E-state index in [0.29, 0.717) is 12.6 Å². The predicted octanol–water partition coefficient (Wildman–Crippen LogP) is 4.30. The lowest BCUT2D eigenvalue weighted by Crippen LogP contribution is -2.39. The summed E-state index contributed by atoms with van der Waals surface area (Å²) in [7, 11) is 0. The molecule has 1 heterocycles. The molecular formula is C18H20INO. The molecule has 0 saturated carbocycles. The number of piperidine rings is 1. The summed E-state index contributed by atoms with van der Waals surface area (Å²) in [4.78, 5) is 0. The Bertz CT molecular complexity index is 555. The lowest BCUT2D eigenvalue weighted by Gasteiger charge is -2.33. The molecule has 1 saturated heterocycles. The van der Waals surface area contributed by atoms with Crippen molar-refractivity contribution in [2.24, 2.45) is 0 Å². The van der Waals surface area contributed by atoms with Gasteiger partial charge in [-0.05, 0) is 65.2 Å². The molecule has 0 aromatic heterocycles. The summed E-state index contributed by atoms with van der Waals surface area (Å²) < 4.78 is 7.47. The van der Waals surface area contributed by atoms with Gasteiger partial charge in [-0.2, -0.15) is 0 Å². The average Bonchev–Trinajstić information content (AvgIpc) is 2.55. The van der Waals surface area contributed by atoms with E-state index in [1.165, 1.54) is 21.1 Å². The zero-order valence-corrected chi connectivity index (χ0v) is 14.1. The van der Waals surface area contributed by atoms with E-state index in [2.05, 4.69) is 82.5 Å². The molecule has 0 spiro atoms. The van der Waals surface area contributed by atoms with Crippen molar-refractivity contribution in [3.8, 4) is 0 Å². The molecule has 3 rings (SSSR count). The molecule has 2 nitrogen and oxygen atoms in total. The van der Waals surface area contributed by atoms with Crippen LogP contribution in [0.2, 0.25) is 0 Å². The fraction of sp³-hybridized carbons (Fsp3) is 0.333. The number of benzene rings is 2. The van der Waals surface area contributed by atoms with Gasteiger partial charge >= 0.3 is 0 Å². The van der Waals surface area contributed by atoms with Gasteiger partial charge in [-0.3, -0.25) is 0 Å². The van der Waals surface area contributed by atoms with E-state index >= 15 is 0 Å². The second-order valence-corrected chi connectivity index (χ2v) is 6.71. The lowest BCUT2D eigenvalue weighted by atomic mass is 9.94. The van der Waals surface area contributed by atoms with Crippen molar-refractivity contribution in [3.05, 3.63) is 69.3 Å². The molecule has 110 valence electrons. The summed E-state index contributed by atoms with van der Waals surface area (Å²) in [6.07, 6.45) is 2.55. The first-order valence-electron chi connectivity index (χ1n) is 7.47. The van der Waals surface area contributed by atoms with Gasteiger partial charge in [-0.15, -0.1) is 0 Å². The van der Waals surface area contributed by atoms with Gasteiger partial charge in [0.05, 0.1) is 18.8 Å².